The number of rotatable bonds is 4. The molecule has 82 valence electrons. The average Bonchev–Trinajstić information content (AvgIpc) is 2.14. The zero-order chi connectivity index (χ0) is 10.7. The van der Waals surface area contributed by atoms with Crippen LogP contribution in [0.1, 0.15) is 24.8 Å². The minimum atomic E-state index is 0.622. The Bertz CT molecular complexity index is 320. The highest BCUT2D eigenvalue weighted by Crippen LogP contribution is 2.31. The van der Waals surface area contributed by atoms with E-state index in [0.29, 0.717) is 6.04 Å². The summed E-state index contributed by atoms with van der Waals surface area (Å²) in [6.45, 7) is 0. The minimum Gasteiger partial charge on any atom is -0.316 e. The molecule has 1 nitrogen and oxygen atoms in total. The fourth-order valence-corrected chi connectivity index (χ4v) is 2.48. The minimum absolute atomic E-state index is 0.622. The molecule has 2 heteroatoms. The van der Waals surface area contributed by atoms with Crippen molar-refractivity contribution in [1.82, 2.24) is 5.32 Å². The normalized spacial score (nSPS) is 18.5. The second-order valence-electron chi connectivity index (χ2n) is 4.42. The molecule has 1 fully saturated rings. The standard InChI is InChI=1S/C13H18ClN/c1-15-13(11-5-3-6-11)9-10-4-2-7-12(14)8-10/h2,4,7-8,11,13,15H,3,5-6,9H2,1H3. The molecule has 1 aromatic rings. The van der Waals surface area contributed by atoms with Crippen LogP contribution in [0.2, 0.25) is 5.02 Å². The zero-order valence-corrected chi connectivity index (χ0v) is 9.93. The van der Waals surface area contributed by atoms with E-state index in [-0.39, 0.29) is 0 Å². The van der Waals surface area contributed by atoms with Crippen LogP contribution in [0.25, 0.3) is 0 Å². The first-order chi connectivity index (χ1) is 7.29. The fraction of sp³-hybridized carbons (Fsp3) is 0.538. The molecule has 15 heavy (non-hydrogen) atoms. The Morgan fingerprint density at radius 2 is 2.27 bits per heavy atom. The molecule has 1 aliphatic carbocycles. The van der Waals surface area contributed by atoms with Crippen molar-refractivity contribution in [2.75, 3.05) is 7.05 Å². The van der Waals surface area contributed by atoms with Crippen LogP contribution < -0.4 is 5.32 Å². The van der Waals surface area contributed by atoms with Crippen molar-refractivity contribution >= 4 is 11.6 Å². The molecule has 0 amide bonds. The Labute approximate surface area is 96.8 Å². The van der Waals surface area contributed by atoms with E-state index in [9.17, 15) is 0 Å². The maximum absolute atomic E-state index is 5.98. The summed E-state index contributed by atoms with van der Waals surface area (Å²) in [6, 6.07) is 8.82. The van der Waals surface area contributed by atoms with Crippen LogP contribution >= 0.6 is 11.6 Å². The van der Waals surface area contributed by atoms with Crippen molar-refractivity contribution in [1.29, 1.82) is 0 Å². The quantitative estimate of drug-likeness (QED) is 0.826. The van der Waals surface area contributed by atoms with Gasteiger partial charge in [-0.3, -0.25) is 0 Å². The molecule has 0 spiro atoms. The topological polar surface area (TPSA) is 12.0 Å². The molecule has 1 aromatic carbocycles. The Hall–Kier alpha value is -0.530. The van der Waals surface area contributed by atoms with Crippen LogP contribution in [0.5, 0.6) is 0 Å². The number of nitrogens with one attached hydrogen (secondary N) is 1. The molecule has 0 bridgehead atoms. The van der Waals surface area contributed by atoms with Crippen molar-refractivity contribution in [2.45, 2.75) is 31.7 Å². The van der Waals surface area contributed by atoms with Crippen LogP contribution in [0, 0.1) is 5.92 Å². The molecule has 2 rings (SSSR count). The molecule has 1 unspecified atom stereocenters. The van der Waals surface area contributed by atoms with Crippen molar-refractivity contribution in [3.05, 3.63) is 34.9 Å². The Balaban J connectivity index is 1.99. The van der Waals surface area contributed by atoms with E-state index >= 15 is 0 Å². The van der Waals surface area contributed by atoms with Crippen LogP contribution in [-0.4, -0.2) is 13.1 Å². The predicted octanol–water partition coefficient (Wildman–Crippen LogP) is 3.27. The van der Waals surface area contributed by atoms with Crippen LogP contribution in [0.15, 0.2) is 24.3 Å². The van der Waals surface area contributed by atoms with Crippen molar-refractivity contribution in [3.8, 4) is 0 Å². The van der Waals surface area contributed by atoms with E-state index < -0.39 is 0 Å². The van der Waals surface area contributed by atoms with Gasteiger partial charge in [-0.15, -0.1) is 0 Å². The molecule has 1 atom stereocenters. The first kappa shape index (κ1) is 11.0. The van der Waals surface area contributed by atoms with Gasteiger partial charge in [0.05, 0.1) is 0 Å². The Morgan fingerprint density at radius 3 is 2.80 bits per heavy atom. The molecule has 0 heterocycles. The largest absolute Gasteiger partial charge is 0.316 e. The van der Waals surface area contributed by atoms with Gasteiger partial charge in [0.15, 0.2) is 0 Å². The zero-order valence-electron chi connectivity index (χ0n) is 9.17. The summed E-state index contributed by atoms with van der Waals surface area (Å²) >= 11 is 5.98. The van der Waals surface area contributed by atoms with Gasteiger partial charge in [0, 0.05) is 11.1 Å². The average molecular weight is 224 g/mol. The van der Waals surface area contributed by atoms with Gasteiger partial charge in [-0.2, -0.15) is 0 Å². The monoisotopic (exact) mass is 223 g/mol. The first-order valence-corrected chi connectivity index (χ1v) is 6.09. The fourth-order valence-electron chi connectivity index (χ4n) is 2.26. The number of hydrogen-bond donors (Lipinski definition) is 1. The second-order valence-corrected chi connectivity index (χ2v) is 4.86. The van der Waals surface area contributed by atoms with Crippen molar-refractivity contribution in [3.63, 3.8) is 0 Å². The van der Waals surface area contributed by atoms with Gasteiger partial charge in [0.25, 0.3) is 0 Å². The Morgan fingerprint density at radius 1 is 1.47 bits per heavy atom. The van der Waals surface area contributed by atoms with E-state index in [1.54, 1.807) is 0 Å². The van der Waals surface area contributed by atoms with Crippen LogP contribution in [-0.2, 0) is 6.42 Å². The maximum Gasteiger partial charge on any atom is 0.0408 e. The van der Waals surface area contributed by atoms with Gasteiger partial charge in [-0.05, 0) is 49.9 Å². The van der Waals surface area contributed by atoms with Crippen molar-refractivity contribution < 1.29 is 0 Å². The summed E-state index contributed by atoms with van der Waals surface area (Å²) in [5.74, 6) is 0.869. The van der Waals surface area contributed by atoms with Gasteiger partial charge in [-0.25, -0.2) is 0 Å². The van der Waals surface area contributed by atoms with Crippen molar-refractivity contribution in [2.24, 2.45) is 5.92 Å². The summed E-state index contributed by atoms with van der Waals surface area (Å²) in [6.07, 6.45) is 5.26. The molecule has 0 radical (unpaired) electrons. The van der Waals surface area contributed by atoms with E-state index in [1.807, 2.05) is 12.1 Å². The molecule has 0 aromatic heterocycles. The van der Waals surface area contributed by atoms with E-state index in [0.717, 1.165) is 17.4 Å². The summed E-state index contributed by atoms with van der Waals surface area (Å²) in [7, 11) is 2.06. The Kier molecular flexibility index (Phi) is 3.66. The first-order valence-electron chi connectivity index (χ1n) is 5.71. The smallest absolute Gasteiger partial charge is 0.0408 e. The summed E-state index contributed by atoms with van der Waals surface area (Å²) in [4.78, 5) is 0. The van der Waals surface area contributed by atoms with Gasteiger partial charge in [-0.1, -0.05) is 30.2 Å². The highest BCUT2D eigenvalue weighted by atomic mass is 35.5. The summed E-state index contributed by atoms with van der Waals surface area (Å²) < 4.78 is 0. The molecule has 0 aliphatic heterocycles. The summed E-state index contributed by atoms with van der Waals surface area (Å²) in [5.41, 5.74) is 1.34. The lowest BCUT2D eigenvalue weighted by Crippen LogP contribution is -2.38. The molecule has 1 saturated carbocycles. The molecule has 0 saturated heterocycles. The molecule has 1 aliphatic rings. The second kappa shape index (κ2) is 5.00. The molecular weight excluding hydrogens is 206 g/mol. The van der Waals surface area contributed by atoms with Gasteiger partial charge < -0.3 is 5.32 Å². The van der Waals surface area contributed by atoms with E-state index in [2.05, 4.69) is 24.5 Å². The van der Waals surface area contributed by atoms with Gasteiger partial charge in [0.1, 0.15) is 0 Å². The van der Waals surface area contributed by atoms with E-state index in [4.69, 9.17) is 11.6 Å². The SMILES string of the molecule is CNC(Cc1cccc(Cl)c1)C1CCC1. The van der Waals surface area contributed by atoms with Crippen LogP contribution in [0.4, 0.5) is 0 Å². The maximum atomic E-state index is 5.98. The number of benzene rings is 1. The highest BCUT2D eigenvalue weighted by Gasteiger charge is 2.25. The molecular formula is C13H18ClN. The lowest BCUT2D eigenvalue weighted by molar-refractivity contribution is 0.236. The van der Waals surface area contributed by atoms with E-state index in [1.165, 1.54) is 24.8 Å². The predicted molar refractivity (Wildman–Crippen MR) is 65.3 cm³/mol. The highest BCUT2D eigenvalue weighted by molar-refractivity contribution is 6.30. The molecule has 1 N–H and O–H groups in total. The lowest BCUT2D eigenvalue weighted by Gasteiger charge is -2.33. The summed E-state index contributed by atoms with van der Waals surface area (Å²) in [5, 5.41) is 4.27. The van der Waals surface area contributed by atoms with Crippen LogP contribution in [0.3, 0.4) is 0 Å². The van der Waals surface area contributed by atoms with Gasteiger partial charge >= 0.3 is 0 Å². The van der Waals surface area contributed by atoms with Gasteiger partial charge in [0.2, 0.25) is 0 Å². The lowest BCUT2D eigenvalue weighted by atomic mass is 9.78. The third-order valence-corrected chi connectivity index (χ3v) is 3.67. The number of hydrogen-bond acceptors (Lipinski definition) is 1. The number of halogens is 1. The third-order valence-electron chi connectivity index (χ3n) is 3.43. The third kappa shape index (κ3) is 2.73. The number of likely N-dealkylation sites (N-methyl/N-ethyl adjacent to an activating group) is 1.